The Morgan fingerprint density at radius 3 is 2.65 bits per heavy atom. The van der Waals surface area contributed by atoms with Crippen LogP contribution < -0.4 is 5.73 Å². The second-order valence-electron chi connectivity index (χ2n) is 5.92. The lowest BCUT2D eigenvalue weighted by molar-refractivity contribution is -0.139. The highest BCUT2D eigenvalue weighted by Gasteiger charge is 2.41. The molecule has 0 aromatic heterocycles. The summed E-state index contributed by atoms with van der Waals surface area (Å²) < 4.78 is 5.32. The SMILES string of the molecule is NC1(C(=O)N2CCC(c3ccccc3)C2)CCOCC1. The Bertz CT molecular complexity index is 469. The van der Waals surface area contributed by atoms with Crippen molar-refractivity contribution in [3.8, 4) is 0 Å². The molecule has 1 amide bonds. The van der Waals surface area contributed by atoms with Crippen LogP contribution in [0.25, 0.3) is 0 Å². The zero-order valence-electron chi connectivity index (χ0n) is 11.8. The summed E-state index contributed by atoms with van der Waals surface area (Å²) in [4.78, 5) is 14.6. The Kier molecular flexibility index (Phi) is 3.76. The average molecular weight is 274 g/mol. The molecule has 108 valence electrons. The molecule has 2 heterocycles. The quantitative estimate of drug-likeness (QED) is 0.889. The second kappa shape index (κ2) is 5.54. The van der Waals surface area contributed by atoms with E-state index in [-0.39, 0.29) is 5.91 Å². The minimum absolute atomic E-state index is 0.110. The van der Waals surface area contributed by atoms with Crippen LogP contribution >= 0.6 is 0 Å². The second-order valence-corrected chi connectivity index (χ2v) is 5.92. The van der Waals surface area contributed by atoms with Gasteiger partial charge in [0.25, 0.3) is 0 Å². The maximum Gasteiger partial charge on any atom is 0.242 e. The molecule has 2 fully saturated rings. The van der Waals surface area contributed by atoms with Crippen LogP contribution in [-0.4, -0.2) is 42.6 Å². The standard InChI is InChI=1S/C16H22N2O2/c17-16(7-10-20-11-8-16)15(19)18-9-6-14(12-18)13-4-2-1-3-5-13/h1-5,14H,6-12,17H2. The molecule has 0 spiro atoms. The van der Waals surface area contributed by atoms with Gasteiger partial charge in [-0.05, 0) is 24.8 Å². The third-order valence-corrected chi connectivity index (χ3v) is 4.56. The molecule has 2 saturated heterocycles. The van der Waals surface area contributed by atoms with Crippen molar-refractivity contribution in [2.45, 2.75) is 30.7 Å². The average Bonchev–Trinajstić information content (AvgIpc) is 2.98. The van der Waals surface area contributed by atoms with Gasteiger partial charge in [0, 0.05) is 32.2 Å². The lowest BCUT2D eigenvalue weighted by Crippen LogP contribution is -2.57. The number of hydrogen-bond acceptors (Lipinski definition) is 3. The maximum atomic E-state index is 12.6. The number of amides is 1. The third kappa shape index (κ3) is 2.58. The van der Waals surface area contributed by atoms with E-state index in [9.17, 15) is 4.79 Å². The molecule has 4 nitrogen and oxygen atoms in total. The van der Waals surface area contributed by atoms with Crippen LogP contribution in [0.4, 0.5) is 0 Å². The number of likely N-dealkylation sites (tertiary alicyclic amines) is 1. The number of carbonyl (C=O) groups is 1. The van der Waals surface area contributed by atoms with Crippen molar-refractivity contribution in [1.29, 1.82) is 0 Å². The van der Waals surface area contributed by atoms with E-state index >= 15 is 0 Å². The fourth-order valence-electron chi connectivity index (χ4n) is 3.21. The van der Waals surface area contributed by atoms with Crippen LogP contribution in [-0.2, 0) is 9.53 Å². The molecule has 0 saturated carbocycles. The van der Waals surface area contributed by atoms with E-state index in [4.69, 9.17) is 10.5 Å². The van der Waals surface area contributed by atoms with Gasteiger partial charge in [0.1, 0.15) is 0 Å². The van der Waals surface area contributed by atoms with Crippen LogP contribution in [0.1, 0.15) is 30.7 Å². The first-order valence-electron chi connectivity index (χ1n) is 7.40. The minimum Gasteiger partial charge on any atom is -0.381 e. The normalized spacial score (nSPS) is 25.6. The van der Waals surface area contributed by atoms with E-state index in [1.807, 2.05) is 11.0 Å². The number of carbonyl (C=O) groups excluding carboxylic acids is 1. The van der Waals surface area contributed by atoms with Crippen LogP contribution in [0.5, 0.6) is 0 Å². The molecule has 3 rings (SSSR count). The molecule has 1 aromatic carbocycles. The van der Waals surface area contributed by atoms with Crippen LogP contribution in [0, 0.1) is 0 Å². The van der Waals surface area contributed by atoms with Gasteiger partial charge in [-0.3, -0.25) is 4.79 Å². The van der Waals surface area contributed by atoms with E-state index in [2.05, 4.69) is 24.3 Å². The first-order chi connectivity index (χ1) is 9.69. The summed E-state index contributed by atoms with van der Waals surface area (Å²) in [7, 11) is 0. The Hall–Kier alpha value is -1.39. The molecule has 2 aliphatic rings. The highest BCUT2D eigenvalue weighted by Crippen LogP contribution is 2.30. The van der Waals surface area contributed by atoms with Crippen molar-refractivity contribution in [2.75, 3.05) is 26.3 Å². The maximum absolute atomic E-state index is 12.6. The van der Waals surface area contributed by atoms with Gasteiger partial charge in [-0.15, -0.1) is 0 Å². The first kappa shape index (κ1) is 13.6. The van der Waals surface area contributed by atoms with E-state index < -0.39 is 5.54 Å². The lowest BCUT2D eigenvalue weighted by atomic mass is 9.89. The Balaban J connectivity index is 1.66. The third-order valence-electron chi connectivity index (χ3n) is 4.56. The van der Waals surface area contributed by atoms with Crippen molar-refractivity contribution >= 4 is 5.91 Å². The van der Waals surface area contributed by atoms with Gasteiger partial charge in [-0.1, -0.05) is 30.3 Å². The monoisotopic (exact) mass is 274 g/mol. The van der Waals surface area contributed by atoms with Gasteiger partial charge in [-0.2, -0.15) is 0 Å². The predicted octanol–water partition coefficient (Wildman–Crippen LogP) is 1.51. The van der Waals surface area contributed by atoms with E-state index in [1.54, 1.807) is 0 Å². The fraction of sp³-hybridized carbons (Fsp3) is 0.562. The van der Waals surface area contributed by atoms with Crippen LogP contribution in [0.2, 0.25) is 0 Å². The largest absolute Gasteiger partial charge is 0.381 e. The predicted molar refractivity (Wildman–Crippen MR) is 77.4 cm³/mol. The summed E-state index contributed by atoms with van der Waals surface area (Å²) in [5.41, 5.74) is 6.91. The topological polar surface area (TPSA) is 55.6 Å². The molecule has 0 radical (unpaired) electrons. The Morgan fingerprint density at radius 1 is 1.25 bits per heavy atom. The van der Waals surface area contributed by atoms with Gasteiger partial charge in [0.2, 0.25) is 5.91 Å². The molecule has 20 heavy (non-hydrogen) atoms. The smallest absolute Gasteiger partial charge is 0.242 e. The Labute approximate surface area is 119 Å². The van der Waals surface area contributed by atoms with Crippen molar-refractivity contribution < 1.29 is 9.53 Å². The van der Waals surface area contributed by atoms with Crippen LogP contribution in [0.3, 0.4) is 0 Å². The first-order valence-corrected chi connectivity index (χ1v) is 7.40. The van der Waals surface area contributed by atoms with Crippen molar-refractivity contribution in [1.82, 2.24) is 4.90 Å². The van der Waals surface area contributed by atoms with Gasteiger partial charge >= 0.3 is 0 Å². The molecule has 2 aliphatic heterocycles. The fourth-order valence-corrected chi connectivity index (χ4v) is 3.21. The van der Waals surface area contributed by atoms with E-state index in [1.165, 1.54) is 5.56 Å². The minimum atomic E-state index is -0.705. The molecule has 1 aromatic rings. The number of hydrogen-bond donors (Lipinski definition) is 1. The van der Waals surface area contributed by atoms with Crippen LogP contribution in [0.15, 0.2) is 30.3 Å². The van der Waals surface area contributed by atoms with Gasteiger partial charge in [0.05, 0.1) is 5.54 Å². The van der Waals surface area contributed by atoms with Crippen molar-refractivity contribution in [3.05, 3.63) is 35.9 Å². The lowest BCUT2D eigenvalue weighted by Gasteiger charge is -2.35. The molecule has 2 N–H and O–H groups in total. The van der Waals surface area contributed by atoms with Crippen molar-refractivity contribution in [2.24, 2.45) is 5.73 Å². The summed E-state index contributed by atoms with van der Waals surface area (Å²) in [5.74, 6) is 0.558. The molecule has 1 atom stereocenters. The highest BCUT2D eigenvalue weighted by molar-refractivity contribution is 5.86. The summed E-state index contributed by atoms with van der Waals surface area (Å²) in [6.07, 6.45) is 2.30. The van der Waals surface area contributed by atoms with E-state index in [0.717, 1.165) is 19.5 Å². The molecule has 0 aliphatic carbocycles. The van der Waals surface area contributed by atoms with Gasteiger partial charge in [-0.25, -0.2) is 0 Å². The highest BCUT2D eigenvalue weighted by atomic mass is 16.5. The number of nitrogens with zero attached hydrogens (tertiary/aromatic N) is 1. The molecule has 4 heteroatoms. The van der Waals surface area contributed by atoms with Gasteiger partial charge < -0.3 is 15.4 Å². The number of nitrogens with two attached hydrogens (primary N) is 1. The number of rotatable bonds is 2. The van der Waals surface area contributed by atoms with Crippen molar-refractivity contribution in [3.63, 3.8) is 0 Å². The number of benzene rings is 1. The molecular formula is C16H22N2O2. The summed E-state index contributed by atoms with van der Waals surface area (Å²) >= 11 is 0. The van der Waals surface area contributed by atoms with E-state index in [0.29, 0.717) is 32.0 Å². The molecule has 1 unspecified atom stereocenters. The number of ether oxygens (including phenoxy) is 1. The van der Waals surface area contributed by atoms with Gasteiger partial charge in [0.15, 0.2) is 0 Å². The zero-order valence-corrected chi connectivity index (χ0v) is 11.8. The summed E-state index contributed by atoms with van der Waals surface area (Å²) in [5, 5.41) is 0. The molecular weight excluding hydrogens is 252 g/mol. The summed E-state index contributed by atoms with van der Waals surface area (Å²) in [6, 6.07) is 10.4. The molecule has 0 bridgehead atoms. The summed E-state index contributed by atoms with van der Waals surface area (Å²) in [6.45, 7) is 2.80. The zero-order chi connectivity index (χ0) is 14.0. The Morgan fingerprint density at radius 2 is 1.95 bits per heavy atom.